The lowest BCUT2D eigenvalue weighted by Crippen LogP contribution is -2.36. The molecule has 9 atom stereocenters. The van der Waals surface area contributed by atoms with Crippen molar-refractivity contribution in [2.45, 2.75) is 176 Å². The first kappa shape index (κ1) is 76.6. The number of carbonyl (C=O) groups excluding carboxylic acids is 1. The highest BCUT2D eigenvalue weighted by atomic mass is 32.2. The van der Waals surface area contributed by atoms with Crippen molar-refractivity contribution < 1.29 is 71.9 Å². The summed E-state index contributed by atoms with van der Waals surface area (Å²) in [5, 5.41) is 33.3. The number of aliphatic hydroxyl groups is 2. The number of pyridine rings is 2. The number of aliphatic hydroxyl groups excluding tert-OH is 2. The molecule has 1 aliphatic heterocycles. The third-order valence-electron chi connectivity index (χ3n) is 19.5. The molecule has 0 radical (unpaired) electrons. The molecule has 5 N–H and O–H groups in total. The fourth-order valence-corrected chi connectivity index (χ4v) is 18.6. The molecule has 16 rings (SSSR count). The number of fused-ring (bicyclic) bond motifs is 3. The van der Waals surface area contributed by atoms with Crippen LogP contribution in [0.15, 0.2) is 84.3 Å². The Balaban J connectivity index is 0.000000145. The zero-order chi connectivity index (χ0) is 75.4. The molecule has 6 aromatic heterocycles. The van der Waals surface area contributed by atoms with Crippen LogP contribution in [0.25, 0.3) is 41.6 Å². The van der Waals surface area contributed by atoms with Gasteiger partial charge in [0.25, 0.3) is 0 Å². The molecule has 0 spiro atoms. The maximum atomic E-state index is 14.7. The predicted octanol–water partition coefficient (Wildman–Crippen LogP) is 11.8. The van der Waals surface area contributed by atoms with Crippen molar-refractivity contribution in [3.05, 3.63) is 153 Å². The monoisotopic (exact) mass is 1560 g/mol. The molecule has 1 saturated heterocycles. The SMILES string of the molecule is Cc1nc(N(Cc2c(F)cccc2F)C2CC2)nc(N[C@@H]2C[C@H](CS(C)(=O)=O)[C@@H](O)[C@H]2O)c1-c1nc2c(C3CC3)nccc2s1.Cc1nc(S(C)=O)nc(N[C@@H]2C[C@H](CS(C)(=O)=O)[C@H]3OC(C)(C)O[C@H]32)c1-c1nc2c(C3CC3)nccc2s1.Fc1cccc(F)c1CNC1CC1.O=Cc1c(F)cccc1F. The van der Waals surface area contributed by atoms with Crippen LogP contribution in [0.1, 0.15) is 134 Å². The second kappa shape index (κ2) is 31.2. The van der Waals surface area contributed by atoms with E-state index >= 15 is 0 Å². The molecule has 9 aromatic rings. The number of thiazole rings is 2. The number of benzene rings is 3. The number of hydrogen-bond acceptors (Lipinski definition) is 24. The fraction of sp³-hybridized carbons (Fsp3) is 0.466. The molecule has 1 unspecified atom stereocenters. The molecule has 7 aliphatic rings. The maximum absolute atomic E-state index is 14.7. The number of nitrogens with one attached hydrogen (secondary N) is 3. The molecular formula is C73H80F6N12O10S5. The minimum absolute atomic E-state index is 0.00485. The number of aldehydes is 1. The Hall–Kier alpha value is -7.60. The van der Waals surface area contributed by atoms with Gasteiger partial charge in [-0.2, -0.15) is 4.98 Å². The van der Waals surface area contributed by atoms with Crippen LogP contribution in [0.3, 0.4) is 0 Å². The van der Waals surface area contributed by atoms with E-state index in [0.717, 1.165) is 112 Å². The average Bonchev–Trinajstić information content (AvgIpc) is 1.61. The lowest BCUT2D eigenvalue weighted by atomic mass is 10.1. The fourth-order valence-electron chi connectivity index (χ4n) is 13.8. The number of carbonyl (C=O) groups is 1. The maximum Gasteiger partial charge on any atom is 0.228 e. The van der Waals surface area contributed by atoms with Crippen LogP contribution >= 0.6 is 22.7 Å². The second-order valence-corrected chi connectivity index (χ2v) is 36.4. The lowest BCUT2D eigenvalue weighted by molar-refractivity contribution is -0.156. The van der Waals surface area contributed by atoms with Gasteiger partial charge in [-0.3, -0.25) is 19.0 Å². The van der Waals surface area contributed by atoms with E-state index in [9.17, 15) is 62.4 Å². The van der Waals surface area contributed by atoms with Crippen LogP contribution in [0, 0.1) is 60.6 Å². The van der Waals surface area contributed by atoms with Gasteiger partial charge in [0.15, 0.2) is 12.1 Å². The highest BCUT2D eigenvalue weighted by Gasteiger charge is 2.55. The van der Waals surface area contributed by atoms with E-state index in [1.165, 1.54) is 60.1 Å². The Bertz CT molecular complexity index is 5010. The standard InChI is InChI=1S/C31H34F2N6O4S2.C25H31N5O5S3.C10H11F2N.C7H4F2O/c1-15-24(30-37-26-23(44-30)10-11-34-25(26)16-6-7-16)29(36-22-12-17(14-45(2,42)43)27(40)28(22)41)38-31(35-15)39(18-8-9-18)13-19-20(32)4-3-5-21(19)33;1-12-17(23-29-19-16(36-23)8-9-26-18(19)13-6-7-13)22(30-24(27-12)37(4)31)28-15-10-14(11-38(5,32)33)20-21(15)35-25(2,3)34-20;11-9-2-1-3-10(12)8(9)6-13-7-4-5-7;8-6-2-1-3-7(9)5(6)4-10/h3-5,10-11,16-18,22,27-28,40-41H,6-9,12-14H2,1-2H3,(H,35,36,38);8-9,13-15,20-21H,6-7,10-11H2,1-5H3,(H,27,28,30);1-3,7,13H,4-6H2;1-4H/t17-,22-,27-,28+;14-,15-,20-,21+,37?;;/m11../s1. The van der Waals surface area contributed by atoms with Crippen molar-refractivity contribution in [1.82, 2.24) is 45.2 Å². The van der Waals surface area contributed by atoms with Crippen LogP contribution in [0.2, 0.25) is 0 Å². The summed E-state index contributed by atoms with van der Waals surface area (Å²) < 4.78 is 156. The summed E-state index contributed by atoms with van der Waals surface area (Å²) in [6.45, 7) is 7.59. The third kappa shape index (κ3) is 17.9. The van der Waals surface area contributed by atoms with Gasteiger partial charge in [-0.25, -0.2) is 68.1 Å². The van der Waals surface area contributed by atoms with Crippen molar-refractivity contribution >= 4 is 97.5 Å². The highest BCUT2D eigenvalue weighted by Crippen LogP contribution is 2.49. The molecule has 7 heterocycles. The van der Waals surface area contributed by atoms with Gasteiger partial charge in [-0.05, 0) is 140 Å². The Labute approximate surface area is 619 Å². The van der Waals surface area contributed by atoms with Gasteiger partial charge in [0, 0.05) is 84.6 Å². The Morgan fingerprint density at radius 3 is 1.58 bits per heavy atom. The number of nitrogens with zero attached hydrogens (tertiary/aromatic N) is 9. The zero-order valence-corrected chi connectivity index (χ0v) is 63.0. The van der Waals surface area contributed by atoms with E-state index in [4.69, 9.17) is 29.4 Å². The predicted molar refractivity (Wildman–Crippen MR) is 392 cm³/mol. The smallest absolute Gasteiger partial charge is 0.228 e. The summed E-state index contributed by atoms with van der Waals surface area (Å²) >= 11 is 3.03. The van der Waals surface area contributed by atoms with Crippen molar-refractivity contribution in [3.63, 3.8) is 0 Å². The first-order valence-corrected chi connectivity index (χ1v) is 42.2. The van der Waals surface area contributed by atoms with Gasteiger partial charge in [0.1, 0.15) is 99.5 Å². The highest BCUT2D eigenvalue weighted by molar-refractivity contribution is 7.90. The van der Waals surface area contributed by atoms with E-state index in [-0.39, 0.29) is 83.2 Å². The van der Waals surface area contributed by atoms with Crippen molar-refractivity contribution in [2.24, 2.45) is 11.8 Å². The largest absolute Gasteiger partial charge is 0.390 e. The second-order valence-electron chi connectivity index (χ2n) is 28.7. The van der Waals surface area contributed by atoms with E-state index < -0.39 is 101 Å². The summed E-state index contributed by atoms with van der Waals surface area (Å²) in [6, 6.07) is 14.4. The molecule has 0 amide bonds. The number of ether oxygens (including phenoxy) is 2. The number of hydrogen-bond donors (Lipinski definition) is 5. The van der Waals surface area contributed by atoms with Gasteiger partial charge < -0.3 is 40.5 Å². The van der Waals surface area contributed by atoms with E-state index in [0.29, 0.717) is 64.4 Å². The summed E-state index contributed by atoms with van der Waals surface area (Å²) in [5.41, 5.74) is 5.87. The molecule has 6 saturated carbocycles. The summed E-state index contributed by atoms with van der Waals surface area (Å²) in [7, 11) is -8.02. The number of aromatic nitrogens is 8. The number of anilines is 3. The van der Waals surface area contributed by atoms with Crippen LogP contribution < -0.4 is 20.9 Å². The van der Waals surface area contributed by atoms with Crippen molar-refractivity contribution in [1.29, 1.82) is 0 Å². The molecule has 7 fully saturated rings. The number of halogens is 6. The van der Waals surface area contributed by atoms with Crippen molar-refractivity contribution in [2.75, 3.05) is 45.8 Å². The van der Waals surface area contributed by atoms with E-state index in [2.05, 4.69) is 35.9 Å². The summed E-state index contributed by atoms with van der Waals surface area (Å²) in [4.78, 5) is 49.9. The van der Waals surface area contributed by atoms with E-state index in [1.54, 1.807) is 28.7 Å². The van der Waals surface area contributed by atoms with Crippen LogP contribution in [0.4, 0.5) is 43.9 Å². The molecule has 3 aromatic carbocycles. The Morgan fingerprint density at radius 2 is 1.09 bits per heavy atom. The number of sulfone groups is 2. The first-order valence-electron chi connectivity index (χ1n) is 34.9. The van der Waals surface area contributed by atoms with Crippen LogP contribution in [-0.4, -0.2) is 162 Å². The summed E-state index contributed by atoms with van der Waals surface area (Å²) in [5.74, 6) is -3.88. The van der Waals surface area contributed by atoms with Gasteiger partial charge in [-0.15, -0.1) is 22.7 Å². The molecule has 564 valence electrons. The Kier molecular flexibility index (Phi) is 22.5. The molecule has 22 nitrogen and oxygen atoms in total. The molecule has 33 heteroatoms. The van der Waals surface area contributed by atoms with Crippen LogP contribution in [0.5, 0.6) is 0 Å². The van der Waals surface area contributed by atoms with Gasteiger partial charge in [0.05, 0.1) is 102 Å². The summed E-state index contributed by atoms with van der Waals surface area (Å²) in [6.07, 6.45) is 13.4. The van der Waals surface area contributed by atoms with Gasteiger partial charge >= 0.3 is 0 Å². The average molecular weight is 1560 g/mol. The molecule has 6 aliphatic carbocycles. The molecular weight excluding hydrogens is 1480 g/mol. The molecule has 0 bridgehead atoms. The van der Waals surface area contributed by atoms with Gasteiger partial charge in [-0.1, -0.05) is 18.2 Å². The minimum atomic E-state index is -3.40. The number of aryl methyl sites for hydroxylation is 2. The normalized spacial score (nSPS) is 22.7. The topological polar surface area (TPSA) is 304 Å². The van der Waals surface area contributed by atoms with Gasteiger partial charge in [0.2, 0.25) is 11.1 Å². The minimum Gasteiger partial charge on any atom is -0.390 e. The first-order chi connectivity index (χ1) is 50.4. The zero-order valence-electron chi connectivity index (χ0n) is 58.9. The lowest BCUT2D eigenvalue weighted by Gasteiger charge is -2.26. The Morgan fingerprint density at radius 1 is 0.613 bits per heavy atom. The quantitative estimate of drug-likeness (QED) is 0.0254. The van der Waals surface area contributed by atoms with Crippen LogP contribution in [-0.2, 0) is 53.0 Å². The van der Waals surface area contributed by atoms with Crippen molar-refractivity contribution in [3.8, 4) is 21.1 Å². The molecule has 106 heavy (non-hydrogen) atoms. The van der Waals surface area contributed by atoms with E-state index in [1.807, 2.05) is 46.0 Å². The number of rotatable bonds is 21. The third-order valence-corrected chi connectivity index (χ3v) is 24.3.